The average Bonchev–Trinajstić information content (AvgIpc) is 2.86. The van der Waals surface area contributed by atoms with Crippen molar-refractivity contribution in [1.82, 2.24) is 5.32 Å². The zero-order valence-electron chi connectivity index (χ0n) is 11.6. The van der Waals surface area contributed by atoms with E-state index in [0.717, 1.165) is 19.1 Å². The lowest BCUT2D eigenvalue weighted by Crippen LogP contribution is -2.56. The van der Waals surface area contributed by atoms with E-state index in [-0.39, 0.29) is 0 Å². The summed E-state index contributed by atoms with van der Waals surface area (Å²) < 4.78 is 5.64. The van der Waals surface area contributed by atoms with Crippen LogP contribution in [0.15, 0.2) is 18.2 Å². The van der Waals surface area contributed by atoms with Crippen molar-refractivity contribution < 1.29 is 4.74 Å². The van der Waals surface area contributed by atoms with Crippen molar-refractivity contribution >= 4 is 0 Å². The summed E-state index contributed by atoms with van der Waals surface area (Å²) in [5.41, 5.74) is 5.05. The van der Waals surface area contributed by atoms with Gasteiger partial charge in [0.15, 0.2) is 0 Å². The van der Waals surface area contributed by atoms with Gasteiger partial charge in [0.1, 0.15) is 0 Å². The first-order chi connectivity index (χ1) is 9.38. The Bertz CT molecular complexity index is 472. The molecular weight excluding hydrogens is 234 g/mol. The fourth-order valence-corrected chi connectivity index (χ4v) is 4.17. The van der Waals surface area contributed by atoms with Gasteiger partial charge in [-0.3, -0.25) is 0 Å². The van der Waals surface area contributed by atoms with Crippen LogP contribution < -0.4 is 5.32 Å². The molecule has 1 aromatic carbocycles. The average molecular weight is 257 g/mol. The van der Waals surface area contributed by atoms with E-state index in [1.807, 2.05) is 0 Å². The SMILES string of the molecule is c1cc2c(cc1C1(C3CCCNC3)COC1)CCC2. The van der Waals surface area contributed by atoms with Crippen molar-refractivity contribution in [2.24, 2.45) is 5.92 Å². The molecule has 2 heterocycles. The Morgan fingerprint density at radius 1 is 1.11 bits per heavy atom. The van der Waals surface area contributed by atoms with Gasteiger partial charge in [-0.15, -0.1) is 0 Å². The highest BCUT2D eigenvalue weighted by molar-refractivity contribution is 5.40. The summed E-state index contributed by atoms with van der Waals surface area (Å²) in [5, 5.41) is 3.58. The van der Waals surface area contributed by atoms with Gasteiger partial charge in [-0.05, 0) is 67.8 Å². The first-order valence-corrected chi connectivity index (χ1v) is 7.79. The molecule has 0 aromatic heterocycles. The summed E-state index contributed by atoms with van der Waals surface area (Å²) in [6.45, 7) is 4.22. The molecule has 19 heavy (non-hydrogen) atoms. The second kappa shape index (κ2) is 4.60. The number of fused-ring (bicyclic) bond motifs is 1. The van der Waals surface area contributed by atoms with Crippen LogP contribution in [0.2, 0.25) is 0 Å². The third-order valence-corrected chi connectivity index (χ3v) is 5.47. The lowest BCUT2D eigenvalue weighted by molar-refractivity contribution is -0.0948. The smallest absolute Gasteiger partial charge is 0.0588 e. The van der Waals surface area contributed by atoms with E-state index < -0.39 is 0 Å². The van der Waals surface area contributed by atoms with Gasteiger partial charge >= 0.3 is 0 Å². The fourth-order valence-electron chi connectivity index (χ4n) is 4.17. The van der Waals surface area contributed by atoms with E-state index in [2.05, 4.69) is 23.5 Å². The molecule has 2 saturated heterocycles. The Balaban J connectivity index is 1.68. The third kappa shape index (κ3) is 1.85. The van der Waals surface area contributed by atoms with E-state index in [1.54, 1.807) is 16.7 Å². The van der Waals surface area contributed by atoms with Crippen molar-refractivity contribution in [1.29, 1.82) is 0 Å². The summed E-state index contributed by atoms with van der Waals surface area (Å²) in [4.78, 5) is 0. The molecule has 1 N–H and O–H groups in total. The summed E-state index contributed by atoms with van der Waals surface area (Å²) in [7, 11) is 0. The van der Waals surface area contributed by atoms with Crippen molar-refractivity contribution in [2.75, 3.05) is 26.3 Å². The lowest BCUT2D eigenvalue weighted by atomic mass is 9.66. The number of ether oxygens (including phenoxy) is 1. The first kappa shape index (κ1) is 11.9. The summed E-state index contributed by atoms with van der Waals surface area (Å²) in [6, 6.07) is 7.27. The maximum Gasteiger partial charge on any atom is 0.0588 e. The van der Waals surface area contributed by atoms with Gasteiger partial charge in [-0.1, -0.05) is 18.2 Å². The van der Waals surface area contributed by atoms with Crippen LogP contribution in [0.4, 0.5) is 0 Å². The van der Waals surface area contributed by atoms with E-state index in [4.69, 9.17) is 4.74 Å². The molecule has 1 aliphatic carbocycles. The van der Waals surface area contributed by atoms with Gasteiger partial charge in [-0.25, -0.2) is 0 Å². The lowest BCUT2D eigenvalue weighted by Gasteiger charge is -2.49. The fraction of sp³-hybridized carbons (Fsp3) is 0.647. The van der Waals surface area contributed by atoms with Crippen LogP contribution in [0.1, 0.15) is 36.0 Å². The van der Waals surface area contributed by atoms with Crippen LogP contribution in [-0.2, 0) is 23.0 Å². The van der Waals surface area contributed by atoms with Crippen LogP contribution in [0, 0.1) is 5.92 Å². The van der Waals surface area contributed by atoms with Gasteiger partial charge in [-0.2, -0.15) is 0 Å². The molecule has 0 spiro atoms. The highest BCUT2D eigenvalue weighted by Crippen LogP contribution is 2.43. The molecule has 2 nitrogen and oxygen atoms in total. The summed E-state index contributed by atoms with van der Waals surface area (Å²) in [6.07, 6.45) is 6.57. The second-order valence-corrected chi connectivity index (χ2v) is 6.53. The molecule has 102 valence electrons. The Morgan fingerprint density at radius 2 is 2.00 bits per heavy atom. The predicted octanol–water partition coefficient (Wildman–Crippen LogP) is 2.44. The van der Waals surface area contributed by atoms with Crippen molar-refractivity contribution in [3.05, 3.63) is 34.9 Å². The summed E-state index contributed by atoms with van der Waals surface area (Å²) >= 11 is 0. The van der Waals surface area contributed by atoms with Crippen molar-refractivity contribution in [3.63, 3.8) is 0 Å². The molecule has 2 heteroatoms. The number of hydrogen-bond acceptors (Lipinski definition) is 2. The zero-order valence-corrected chi connectivity index (χ0v) is 11.6. The van der Waals surface area contributed by atoms with Crippen LogP contribution in [-0.4, -0.2) is 26.3 Å². The molecule has 2 aliphatic heterocycles. The minimum Gasteiger partial charge on any atom is -0.379 e. The standard InChI is InChI=1S/C17H23NO/c1-3-13-6-7-15(9-14(13)4-1)17(11-19-12-17)16-5-2-8-18-10-16/h6-7,9,16,18H,1-5,8,10-12H2. The van der Waals surface area contributed by atoms with Gasteiger partial charge in [0.05, 0.1) is 13.2 Å². The Hall–Kier alpha value is -0.860. The number of hydrogen-bond donors (Lipinski definition) is 1. The first-order valence-electron chi connectivity index (χ1n) is 7.79. The van der Waals surface area contributed by atoms with E-state index in [9.17, 15) is 0 Å². The van der Waals surface area contributed by atoms with Crippen molar-refractivity contribution in [3.8, 4) is 0 Å². The van der Waals surface area contributed by atoms with Gasteiger partial charge in [0, 0.05) is 5.41 Å². The number of aryl methyl sites for hydroxylation is 2. The molecule has 1 unspecified atom stereocenters. The van der Waals surface area contributed by atoms with E-state index in [1.165, 1.54) is 45.2 Å². The summed E-state index contributed by atoms with van der Waals surface area (Å²) in [5.74, 6) is 0.759. The number of benzene rings is 1. The molecule has 0 bridgehead atoms. The predicted molar refractivity (Wildman–Crippen MR) is 76.6 cm³/mol. The third-order valence-electron chi connectivity index (χ3n) is 5.47. The largest absolute Gasteiger partial charge is 0.379 e. The monoisotopic (exact) mass is 257 g/mol. The number of nitrogens with one attached hydrogen (secondary N) is 1. The zero-order chi connectivity index (χ0) is 12.7. The van der Waals surface area contributed by atoms with Crippen molar-refractivity contribution in [2.45, 2.75) is 37.5 Å². The minimum absolute atomic E-state index is 0.311. The highest BCUT2D eigenvalue weighted by Gasteiger charge is 2.47. The topological polar surface area (TPSA) is 21.3 Å². The van der Waals surface area contributed by atoms with Gasteiger partial charge < -0.3 is 10.1 Å². The van der Waals surface area contributed by atoms with Crippen LogP contribution in [0.25, 0.3) is 0 Å². The Morgan fingerprint density at radius 3 is 2.74 bits per heavy atom. The molecule has 0 saturated carbocycles. The molecule has 1 atom stereocenters. The maximum absolute atomic E-state index is 5.64. The molecule has 1 aromatic rings. The molecule has 0 amide bonds. The quantitative estimate of drug-likeness (QED) is 0.878. The normalized spacial score (nSPS) is 28.7. The minimum atomic E-state index is 0.311. The maximum atomic E-state index is 5.64. The number of rotatable bonds is 2. The van der Waals surface area contributed by atoms with Crippen LogP contribution >= 0.6 is 0 Å². The molecule has 2 fully saturated rings. The van der Waals surface area contributed by atoms with E-state index in [0.29, 0.717) is 5.41 Å². The van der Waals surface area contributed by atoms with Gasteiger partial charge in [0.25, 0.3) is 0 Å². The second-order valence-electron chi connectivity index (χ2n) is 6.53. The van der Waals surface area contributed by atoms with Crippen LogP contribution in [0.5, 0.6) is 0 Å². The van der Waals surface area contributed by atoms with Crippen LogP contribution in [0.3, 0.4) is 0 Å². The molecule has 3 aliphatic rings. The molecular formula is C17H23NO. The number of piperidine rings is 1. The van der Waals surface area contributed by atoms with Gasteiger partial charge in [0.2, 0.25) is 0 Å². The molecule has 0 radical (unpaired) electrons. The molecule has 4 rings (SSSR count). The van der Waals surface area contributed by atoms with E-state index >= 15 is 0 Å². The highest BCUT2D eigenvalue weighted by atomic mass is 16.5. The Labute approximate surface area is 115 Å². The Kier molecular flexibility index (Phi) is 2.89.